The van der Waals surface area contributed by atoms with Crippen LogP contribution in [0.4, 0.5) is 5.69 Å². The van der Waals surface area contributed by atoms with Gasteiger partial charge in [0.05, 0.1) is 5.56 Å². The summed E-state index contributed by atoms with van der Waals surface area (Å²) in [6, 6.07) is 25.3. The summed E-state index contributed by atoms with van der Waals surface area (Å²) in [5.41, 5.74) is 3.55. The van der Waals surface area contributed by atoms with Crippen LogP contribution in [0.3, 0.4) is 0 Å². The van der Waals surface area contributed by atoms with Crippen LogP contribution in [0.5, 0.6) is 5.75 Å². The molecule has 1 amide bonds. The summed E-state index contributed by atoms with van der Waals surface area (Å²) in [6.07, 6.45) is 1.86. The summed E-state index contributed by atoms with van der Waals surface area (Å²) in [6.45, 7) is 0.516. The van der Waals surface area contributed by atoms with Crippen LogP contribution in [0.1, 0.15) is 15.9 Å². The maximum Gasteiger partial charge on any atom is 0.257 e. The molecular formula is C23H20N2O2. The van der Waals surface area contributed by atoms with Gasteiger partial charge in [0.25, 0.3) is 5.91 Å². The van der Waals surface area contributed by atoms with E-state index in [0.29, 0.717) is 12.2 Å². The normalized spacial score (nSPS) is 10.7. The number of aromatic nitrogens is 1. The molecule has 4 rings (SSSR count). The predicted octanol–water partition coefficient (Wildman–Crippen LogP) is 5.01. The Kier molecular flexibility index (Phi) is 4.62. The Morgan fingerprint density at radius 1 is 0.926 bits per heavy atom. The number of ether oxygens (including phenoxy) is 1. The fourth-order valence-corrected chi connectivity index (χ4v) is 3.10. The number of benzene rings is 3. The molecule has 4 heteroatoms. The summed E-state index contributed by atoms with van der Waals surface area (Å²) in [5.74, 6) is 0.645. The van der Waals surface area contributed by atoms with Crippen LogP contribution in [0.25, 0.3) is 10.9 Å². The standard InChI is InChI=1S/C23H20N2O2/c1-25-15-21(20-9-5-6-10-22(20)25)23(26)24-18-11-13-19(14-12-18)27-16-17-7-3-2-4-8-17/h2-15H,16H2,1H3,(H,24,26). The third kappa shape index (κ3) is 3.70. The third-order valence-corrected chi connectivity index (χ3v) is 4.50. The lowest BCUT2D eigenvalue weighted by molar-refractivity contribution is 0.102. The van der Waals surface area contributed by atoms with E-state index < -0.39 is 0 Å². The molecule has 0 fully saturated rings. The molecule has 0 bridgehead atoms. The van der Waals surface area contributed by atoms with E-state index in [0.717, 1.165) is 27.9 Å². The van der Waals surface area contributed by atoms with Crippen molar-refractivity contribution in [1.82, 2.24) is 4.57 Å². The molecule has 4 nitrogen and oxygen atoms in total. The lowest BCUT2D eigenvalue weighted by atomic mass is 10.1. The second-order valence-electron chi connectivity index (χ2n) is 6.42. The predicted molar refractivity (Wildman–Crippen MR) is 108 cm³/mol. The lowest BCUT2D eigenvalue weighted by Gasteiger charge is -2.08. The van der Waals surface area contributed by atoms with E-state index in [9.17, 15) is 4.79 Å². The number of amides is 1. The van der Waals surface area contributed by atoms with Crippen molar-refractivity contribution < 1.29 is 9.53 Å². The van der Waals surface area contributed by atoms with Gasteiger partial charge in [-0.3, -0.25) is 4.79 Å². The first-order chi connectivity index (χ1) is 13.2. The summed E-state index contributed by atoms with van der Waals surface area (Å²) < 4.78 is 7.74. The summed E-state index contributed by atoms with van der Waals surface area (Å²) >= 11 is 0. The second-order valence-corrected chi connectivity index (χ2v) is 6.42. The van der Waals surface area contributed by atoms with E-state index in [1.165, 1.54) is 0 Å². The van der Waals surface area contributed by atoms with Gasteiger partial charge in [-0.25, -0.2) is 0 Å². The Morgan fingerprint density at radius 3 is 2.41 bits per heavy atom. The molecule has 0 aliphatic carbocycles. The highest BCUT2D eigenvalue weighted by atomic mass is 16.5. The average molecular weight is 356 g/mol. The molecule has 27 heavy (non-hydrogen) atoms. The molecule has 0 aliphatic heterocycles. The van der Waals surface area contributed by atoms with Crippen molar-refractivity contribution in [2.45, 2.75) is 6.61 Å². The number of hydrogen-bond donors (Lipinski definition) is 1. The van der Waals surface area contributed by atoms with E-state index in [1.807, 2.05) is 96.7 Å². The van der Waals surface area contributed by atoms with Crippen LogP contribution in [-0.4, -0.2) is 10.5 Å². The minimum atomic E-state index is -0.121. The Labute approximate surface area is 158 Å². The molecule has 3 aromatic carbocycles. The van der Waals surface area contributed by atoms with Gasteiger partial charge >= 0.3 is 0 Å². The van der Waals surface area contributed by atoms with E-state index in [2.05, 4.69) is 5.32 Å². The Hall–Kier alpha value is -3.53. The fraction of sp³-hybridized carbons (Fsp3) is 0.0870. The molecule has 1 N–H and O–H groups in total. The molecule has 0 saturated carbocycles. The molecule has 134 valence electrons. The minimum absolute atomic E-state index is 0.121. The zero-order valence-corrected chi connectivity index (χ0v) is 15.1. The Bertz CT molecular complexity index is 1070. The molecule has 1 aromatic heterocycles. The number of rotatable bonds is 5. The average Bonchev–Trinajstić information content (AvgIpc) is 3.05. The van der Waals surface area contributed by atoms with Gasteiger partial charge in [0, 0.05) is 29.8 Å². The van der Waals surface area contributed by atoms with Gasteiger partial charge in [-0.15, -0.1) is 0 Å². The Morgan fingerprint density at radius 2 is 1.63 bits per heavy atom. The molecule has 0 atom stereocenters. The SMILES string of the molecule is Cn1cc(C(=O)Nc2ccc(OCc3ccccc3)cc2)c2ccccc21. The number of nitrogens with one attached hydrogen (secondary N) is 1. The maximum absolute atomic E-state index is 12.7. The highest BCUT2D eigenvalue weighted by Crippen LogP contribution is 2.22. The van der Waals surface area contributed by atoms with E-state index >= 15 is 0 Å². The number of aryl methyl sites for hydroxylation is 1. The number of hydrogen-bond acceptors (Lipinski definition) is 2. The quantitative estimate of drug-likeness (QED) is 0.546. The van der Waals surface area contributed by atoms with Crippen LogP contribution < -0.4 is 10.1 Å². The van der Waals surface area contributed by atoms with E-state index in [1.54, 1.807) is 0 Å². The van der Waals surface area contributed by atoms with Crippen molar-refractivity contribution >= 4 is 22.5 Å². The molecule has 0 saturated heterocycles. The van der Waals surface area contributed by atoms with Crippen LogP contribution >= 0.6 is 0 Å². The molecular weight excluding hydrogens is 336 g/mol. The molecule has 0 unspecified atom stereocenters. The van der Waals surface area contributed by atoms with Crippen molar-refractivity contribution in [3.05, 3.63) is 96.2 Å². The van der Waals surface area contributed by atoms with Crippen LogP contribution in [0.15, 0.2) is 85.1 Å². The highest BCUT2D eigenvalue weighted by molar-refractivity contribution is 6.12. The van der Waals surface area contributed by atoms with Gasteiger partial charge in [-0.05, 0) is 35.9 Å². The smallest absolute Gasteiger partial charge is 0.257 e. The number of para-hydroxylation sites is 1. The fourth-order valence-electron chi connectivity index (χ4n) is 3.10. The van der Waals surface area contributed by atoms with E-state index in [-0.39, 0.29) is 5.91 Å². The number of nitrogens with zero attached hydrogens (tertiary/aromatic N) is 1. The molecule has 0 spiro atoms. The van der Waals surface area contributed by atoms with Crippen molar-refractivity contribution in [3.63, 3.8) is 0 Å². The van der Waals surface area contributed by atoms with Crippen molar-refractivity contribution in [2.24, 2.45) is 7.05 Å². The summed E-state index contributed by atoms with van der Waals surface area (Å²) in [7, 11) is 1.94. The first-order valence-corrected chi connectivity index (χ1v) is 8.83. The Balaban J connectivity index is 1.44. The first-order valence-electron chi connectivity index (χ1n) is 8.83. The first kappa shape index (κ1) is 16.9. The van der Waals surface area contributed by atoms with Crippen LogP contribution in [0, 0.1) is 0 Å². The van der Waals surface area contributed by atoms with Crippen LogP contribution in [-0.2, 0) is 13.7 Å². The van der Waals surface area contributed by atoms with Crippen LogP contribution in [0.2, 0.25) is 0 Å². The van der Waals surface area contributed by atoms with Gasteiger partial charge in [0.1, 0.15) is 12.4 Å². The number of fused-ring (bicyclic) bond motifs is 1. The largest absolute Gasteiger partial charge is 0.489 e. The summed E-state index contributed by atoms with van der Waals surface area (Å²) in [5, 5.41) is 3.90. The highest BCUT2D eigenvalue weighted by Gasteiger charge is 2.13. The van der Waals surface area contributed by atoms with Gasteiger partial charge in [-0.2, -0.15) is 0 Å². The van der Waals surface area contributed by atoms with Gasteiger partial charge in [0.2, 0.25) is 0 Å². The van der Waals surface area contributed by atoms with Gasteiger partial charge < -0.3 is 14.6 Å². The van der Waals surface area contributed by atoms with Gasteiger partial charge in [0.15, 0.2) is 0 Å². The lowest BCUT2D eigenvalue weighted by Crippen LogP contribution is -2.11. The number of carbonyl (C=O) groups excluding carboxylic acids is 1. The molecule has 0 radical (unpaired) electrons. The summed E-state index contributed by atoms with van der Waals surface area (Å²) in [4.78, 5) is 12.7. The van der Waals surface area contributed by atoms with Crippen molar-refractivity contribution in [2.75, 3.05) is 5.32 Å². The third-order valence-electron chi connectivity index (χ3n) is 4.50. The van der Waals surface area contributed by atoms with Crippen molar-refractivity contribution in [3.8, 4) is 5.75 Å². The molecule has 4 aromatic rings. The second kappa shape index (κ2) is 7.38. The zero-order valence-electron chi connectivity index (χ0n) is 15.1. The maximum atomic E-state index is 12.7. The van der Waals surface area contributed by atoms with E-state index in [4.69, 9.17) is 4.74 Å². The molecule has 0 aliphatic rings. The zero-order chi connectivity index (χ0) is 18.6. The monoisotopic (exact) mass is 356 g/mol. The van der Waals surface area contributed by atoms with Gasteiger partial charge in [-0.1, -0.05) is 48.5 Å². The minimum Gasteiger partial charge on any atom is -0.489 e. The topological polar surface area (TPSA) is 43.3 Å². The van der Waals surface area contributed by atoms with Crippen molar-refractivity contribution in [1.29, 1.82) is 0 Å². The number of carbonyl (C=O) groups is 1. The number of anilines is 1. The molecule has 1 heterocycles.